The van der Waals surface area contributed by atoms with E-state index in [1.807, 2.05) is 0 Å². The van der Waals surface area contributed by atoms with Crippen LogP contribution in [0.4, 0.5) is 13.2 Å². The molecule has 1 aromatic carbocycles. The summed E-state index contributed by atoms with van der Waals surface area (Å²) < 4.78 is 40.0. The number of thiazole rings is 1. The molecule has 0 spiro atoms. The second-order valence-corrected chi connectivity index (χ2v) is 5.43. The molecule has 8 heteroatoms. The third kappa shape index (κ3) is 4.20. The summed E-state index contributed by atoms with van der Waals surface area (Å²) in [6.07, 6.45) is -4.72. The first-order chi connectivity index (χ1) is 10.3. The van der Waals surface area contributed by atoms with Gasteiger partial charge in [-0.15, -0.1) is 24.5 Å². The van der Waals surface area contributed by atoms with E-state index < -0.39 is 6.36 Å². The molecule has 2 aromatic rings. The Bertz CT molecular complexity index is 653. The fourth-order valence-corrected chi connectivity index (χ4v) is 2.53. The van der Waals surface area contributed by atoms with Crippen LogP contribution in [0.5, 0.6) is 5.75 Å². The van der Waals surface area contributed by atoms with Gasteiger partial charge in [0.2, 0.25) is 0 Å². The molecule has 0 saturated heterocycles. The van der Waals surface area contributed by atoms with Crippen molar-refractivity contribution >= 4 is 17.2 Å². The van der Waals surface area contributed by atoms with Crippen molar-refractivity contribution in [3.63, 3.8) is 0 Å². The van der Waals surface area contributed by atoms with Crippen LogP contribution in [0.1, 0.15) is 33.9 Å². The Hall–Kier alpha value is -2.09. The van der Waals surface area contributed by atoms with Gasteiger partial charge in [0.05, 0.1) is 17.2 Å². The van der Waals surface area contributed by atoms with Crippen LogP contribution in [0, 0.1) is 6.92 Å². The van der Waals surface area contributed by atoms with Gasteiger partial charge in [0.25, 0.3) is 5.91 Å². The van der Waals surface area contributed by atoms with Crippen LogP contribution in [0.15, 0.2) is 29.8 Å². The Morgan fingerprint density at radius 2 is 1.95 bits per heavy atom. The van der Waals surface area contributed by atoms with Gasteiger partial charge in [-0.05, 0) is 31.5 Å². The zero-order valence-electron chi connectivity index (χ0n) is 11.8. The number of halogens is 3. The van der Waals surface area contributed by atoms with Crippen molar-refractivity contribution in [1.82, 2.24) is 10.3 Å². The van der Waals surface area contributed by atoms with Gasteiger partial charge in [-0.3, -0.25) is 4.79 Å². The van der Waals surface area contributed by atoms with Crippen LogP contribution in [0.2, 0.25) is 0 Å². The Morgan fingerprint density at radius 1 is 1.32 bits per heavy atom. The van der Waals surface area contributed by atoms with E-state index in [0.29, 0.717) is 16.1 Å². The highest BCUT2D eigenvalue weighted by molar-refractivity contribution is 7.11. The summed E-state index contributed by atoms with van der Waals surface area (Å²) in [5, 5.41) is 2.78. The molecule has 0 aliphatic carbocycles. The molecule has 1 heterocycles. The highest BCUT2D eigenvalue weighted by Gasteiger charge is 2.31. The minimum atomic E-state index is -4.72. The molecule has 1 N–H and O–H groups in total. The summed E-state index contributed by atoms with van der Waals surface area (Å²) in [4.78, 5) is 16.6. The van der Waals surface area contributed by atoms with Crippen LogP contribution in [-0.4, -0.2) is 17.3 Å². The number of hydrogen-bond acceptors (Lipinski definition) is 4. The average Bonchev–Trinajstić information content (AvgIpc) is 2.84. The largest absolute Gasteiger partial charge is 0.573 e. The second-order valence-electron chi connectivity index (χ2n) is 4.58. The zero-order valence-corrected chi connectivity index (χ0v) is 12.6. The number of ether oxygens (including phenoxy) is 1. The lowest BCUT2D eigenvalue weighted by molar-refractivity contribution is -0.274. The lowest BCUT2D eigenvalue weighted by Crippen LogP contribution is -2.26. The monoisotopic (exact) mass is 330 g/mol. The third-order valence-corrected chi connectivity index (χ3v) is 3.84. The Labute approximate surface area is 128 Å². The van der Waals surface area contributed by atoms with Crippen molar-refractivity contribution in [3.05, 3.63) is 45.9 Å². The normalized spacial score (nSPS) is 12.8. The van der Waals surface area contributed by atoms with Gasteiger partial charge in [-0.1, -0.05) is 12.1 Å². The van der Waals surface area contributed by atoms with Crippen molar-refractivity contribution in [1.29, 1.82) is 0 Å². The maximum absolute atomic E-state index is 12.1. The van der Waals surface area contributed by atoms with Crippen molar-refractivity contribution < 1.29 is 22.7 Å². The van der Waals surface area contributed by atoms with E-state index in [9.17, 15) is 18.0 Å². The van der Waals surface area contributed by atoms with Gasteiger partial charge in [0.1, 0.15) is 10.6 Å². The number of nitrogens with zero attached hydrogens (tertiary/aromatic N) is 1. The van der Waals surface area contributed by atoms with Gasteiger partial charge in [0, 0.05) is 0 Å². The molecule has 0 unspecified atom stereocenters. The predicted octanol–water partition coefficient (Wildman–Crippen LogP) is 3.84. The van der Waals surface area contributed by atoms with E-state index in [1.54, 1.807) is 19.4 Å². The van der Waals surface area contributed by atoms with Crippen LogP contribution in [-0.2, 0) is 0 Å². The molecule has 0 radical (unpaired) electrons. The highest BCUT2D eigenvalue weighted by Crippen LogP contribution is 2.24. The lowest BCUT2D eigenvalue weighted by Gasteiger charge is -2.15. The first-order valence-electron chi connectivity index (χ1n) is 6.33. The second kappa shape index (κ2) is 6.35. The van der Waals surface area contributed by atoms with Gasteiger partial charge in [0.15, 0.2) is 0 Å². The molecule has 118 valence electrons. The van der Waals surface area contributed by atoms with E-state index in [1.165, 1.54) is 35.6 Å². The fraction of sp³-hybridized carbons (Fsp3) is 0.286. The van der Waals surface area contributed by atoms with Crippen molar-refractivity contribution in [2.45, 2.75) is 26.3 Å². The number of alkyl halides is 3. The molecular weight excluding hydrogens is 317 g/mol. The van der Waals surface area contributed by atoms with E-state index in [2.05, 4.69) is 15.0 Å². The van der Waals surface area contributed by atoms with Crippen LogP contribution in [0.25, 0.3) is 0 Å². The zero-order chi connectivity index (χ0) is 16.3. The van der Waals surface area contributed by atoms with Crippen LogP contribution < -0.4 is 10.1 Å². The number of carbonyl (C=O) groups excluding carboxylic acids is 1. The molecule has 0 aliphatic heterocycles. The van der Waals surface area contributed by atoms with Crippen molar-refractivity contribution in [3.8, 4) is 5.75 Å². The minimum Gasteiger partial charge on any atom is -0.406 e. The Balaban J connectivity index is 2.02. The summed E-state index contributed by atoms with van der Waals surface area (Å²) in [5.41, 5.74) is 2.90. The summed E-state index contributed by atoms with van der Waals surface area (Å²) in [6.45, 7) is 3.48. The molecule has 0 fully saturated rings. The number of aryl methyl sites for hydroxylation is 1. The summed E-state index contributed by atoms with van der Waals surface area (Å²) in [6, 6.07) is 5.03. The summed E-state index contributed by atoms with van der Waals surface area (Å²) in [7, 11) is 0. The smallest absolute Gasteiger partial charge is 0.406 e. The number of nitrogens with one attached hydrogen (secondary N) is 1. The standard InChI is InChI=1S/C14H13F3N2O2S/c1-8(19-13(20)12-9(2)18-7-22-12)10-3-5-11(6-4-10)21-14(15,16)17/h3-8H,1-2H3,(H,19,20)/t8-/m0/s1. The topological polar surface area (TPSA) is 51.2 Å². The number of aromatic nitrogens is 1. The molecule has 1 atom stereocenters. The summed E-state index contributed by atoms with van der Waals surface area (Å²) in [5.74, 6) is -0.559. The van der Waals surface area contributed by atoms with Gasteiger partial charge < -0.3 is 10.1 Å². The molecule has 1 aromatic heterocycles. The highest BCUT2D eigenvalue weighted by atomic mass is 32.1. The summed E-state index contributed by atoms with van der Waals surface area (Å²) >= 11 is 1.24. The van der Waals surface area contributed by atoms with Crippen LogP contribution >= 0.6 is 11.3 Å². The van der Waals surface area contributed by atoms with Gasteiger partial charge >= 0.3 is 6.36 Å². The molecule has 4 nitrogen and oxygen atoms in total. The molecule has 0 aliphatic rings. The number of benzene rings is 1. The van der Waals surface area contributed by atoms with Gasteiger partial charge in [-0.2, -0.15) is 0 Å². The van der Waals surface area contributed by atoms with E-state index >= 15 is 0 Å². The van der Waals surface area contributed by atoms with Crippen molar-refractivity contribution in [2.75, 3.05) is 0 Å². The molecule has 1 amide bonds. The van der Waals surface area contributed by atoms with E-state index in [4.69, 9.17) is 0 Å². The maximum Gasteiger partial charge on any atom is 0.573 e. The fourth-order valence-electron chi connectivity index (χ4n) is 1.82. The molecular formula is C14H13F3N2O2S. The number of carbonyl (C=O) groups is 1. The SMILES string of the molecule is Cc1ncsc1C(=O)N[C@@H](C)c1ccc(OC(F)(F)F)cc1. The van der Waals surface area contributed by atoms with Crippen molar-refractivity contribution in [2.24, 2.45) is 0 Å². The van der Waals surface area contributed by atoms with Crippen LogP contribution in [0.3, 0.4) is 0 Å². The van der Waals surface area contributed by atoms with Gasteiger partial charge in [-0.25, -0.2) is 4.98 Å². The lowest BCUT2D eigenvalue weighted by atomic mass is 10.1. The molecule has 0 saturated carbocycles. The first kappa shape index (κ1) is 16.3. The quantitative estimate of drug-likeness (QED) is 0.926. The molecule has 2 rings (SSSR count). The predicted molar refractivity (Wildman–Crippen MR) is 75.9 cm³/mol. The Kier molecular flexibility index (Phi) is 4.70. The van der Waals surface area contributed by atoms with E-state index in [-0.39, 0.29) is 17.7 Å². The maximum atomic E-state index is 12.1. The third-order valence-electron chi connectivity index (χ3n) is 2.91. The number of rotatable bonds is 4. The van der Waals surface area contributed by atoms with E-state index in [0.717, 1.165) is 0 Å². The minimum absolute atomic E-state index is 0.261. The number of hydrogen-bond donors (Lipinski definition) is 1. The Morgan fingerprint density at radius 3 is 2.45 bits per heavy atom. The number of amides is 1. The molecule has 0 bridgehead atoms. The average molecular weight is 330 g/mol. The molecule has 22 heavy (non-hydrogen) atoms. The first-order valence-corrected chi connectivity index (χ1v) is 7.21.